The number of rotatable bonds is 4. The number of nitrogens with zero attached hydrogens (tertiary/aromatic N) is 1. The van der Waals surface area contributed by atoms with Crippen molar-refractivity contribution in [1.82, 2.24) is 9.97 Å². The summed E-state index contributed by atoms with van der Waals surface area (Å²) < 4.78 is 0. The SMILES string of the molecule is CC(C)c1cnc(CC(N)C(=O)O)[nH]1. The molecule has 0 bridgehead atoms. The van der Waals surface area contributed by atoms with Crippen molar-refractivity contribution in [3.05, 3.63) is 17.7 Å². The van der Waals surface area contributed by atoms with Crippen molar-refractivity contribution < 1.29 is 9.90 Å². The number of carboxylic acid groups (broad SMARTS) is 1. The molecule has 0 spiro atoms. The van der Waals surface area contributed by atoms with Gasteiger partial charge in [-0.2, -0.15) is 0 Å². The molecule has 1 aromatic rings. The lowest BCUT2D eigenvalue weighted by molar-refractivity contribution is -0.138. The third-order valence-corrected chi connectivity index (χ3v) is 2.00. The first kappa shape index (κ1) is 10.7. The molecule has 0 aliphatic heterocycles. The summed E-state index contributed by atoms with van der Waals surface area (Å²) in [5, 5.41) is 8.59. The molecule has 0 aromatic carbocycles. The van der Waals surface area contributed by atoms with Crippen molar-refractivity contribution in [2.24, 2.45) is 5.73 Å². The van der Waals surface area contributed by atoms with Crippen LogP contribution in [-0.2, 0) is 11.2 Å². The second-order valence-corrected chi connectivity index (χ2v) is 3.59. The monoisotopic (exact) mass is 197 g/mol. The van der Waals surface area contributed by atoms with Gasteiger partial charge in [-0.1, -0.05) is 13.8 Å². The van der Waals surface area contributed by atoms with E-state index in [0.717, 1.165) is 5.69 Å². The average Bonchev–Trinajstić information content (AvgIpc) is 2.52. The average molecular weight is 197 g/mol. The second kappa shape index (κ2) is 4.23. The summed E-state index contributed by atoms with van der Waals surface area (Å²) in [6.07, 6.45) is 1.95. The predicted molar refractivity (Wildman–Crippen MR) is 52.0 cm³/mol. The smallest absolute Gasteiger partial charge is 0.320 e. The topological polar surface area (TPSA) is 92.0 Å². The van der Waals surface area contributed by atoms with Crippen molar-refractivity contribution in [2.75, 3.05) is 0 Å². The van der Waals surface area contributed by atoms with Crippen molar-refractivity contribution in [2.45, 2.75) is 32.2 Å². The Morgan fingerprint density at radius 1 is 1.71 bits per heavy atom. The van der Waals surface area contributed by atoms with Crippen molar-refractivity contribution in [3.8, 4) is 0 Å². The van der Waals surface area contributed by atoms with Gasteiger partial charge in [0.1, 0.15) is 11.9 Å². The number of aromatic amines is 1. The fourth-order valence-corrected chi connectivity index (χ4v) is 1.07. The number of hydrogen-bond donors (Lipinski definition) is 3. The number of H-pyrrole nitrogens is 1. The molecule has 5 nitrogen and oxygen atoms in total. The van der Waals surface area contributed by atoms with E-state index in [0.29, 0.717) is 11.7 Å². The van der Waals surface area contributed by atoms with Crippen molar-refractivity contribution in [3.63, 3.8) is 0 Å². The summed E-state index contributed by atoms with van der Waals surface area (Å²) in [4.78, 5) is 17.6. The number of imidazole rings is 1. The third kappa shape index (κ3) is 2.56. The molecule has 0 aliphatic rings. The van der Waals surface area contributed by atoms with Gasteiger partial charge in [-0.05, 0) is 5.92 Å². The van der Waals surface area contributed by atoms with Gasteiger partial charge in [-0.25, -0.2) is 4.98 Å². The van der Waals surface area contributed by atoms with E-state index in [1.54, 1.807) is 6.20 Å². The summed E-state index contributed by atoms with van der Waals surface area (Å²) in [5.41, 5.74) is 6.37. The molecule has 1 aromatic heterocycles. The standard InChI is InChI=1S/C9H15N3O2/c1-5(2)7-4-11-8(12-7)3-6(10)9(13)14/h4-6H,3,10H2,1-2H3,(H,11,12)(H,13,14). The first-order valence-corrected chi connectivity index (χ1v) is 4.53. The molecule has 1 atom stereocenters. The van der Waals surface area contributed by atoms with Gasteiger partial charge in [0.2, 0.25) is 0 Å². The Morgan fingerprint density at radius 3 is 2.79 bits per heavy atom. The molecular formula is C9H15N3O2. The van der Waals surface area contributed by atoms with Gasteiger partial charge >= 0.3 is 5.97 Å². The maximum absolute atomic E-state index is 10.5. The van der Waals surface area contributed by atoms with E-state index in [2.05, 4.69) is 9.97 Å². The molecular weight excluding hydrogens is 182 g/mol. The lowest BCUT2D eigenvalue weighted by Gasteiger charge is -2.03. The lowest BCUT2D eigenvalue weighted by atomic mass is 10.1. The second-order valence-electron chi connectivity index (χ2n) is 3.59. The van der Waals surface area contributed by atoms with Crippen LogP contribution < -0.4 is 5.73 Å². The fraction of sp³-hybridized carbons (Fsp3) is 0.556. The van der Waals surface area contributed by atoms with E-state index in [4.69, 9.17) is 10.8 Å². The summed E-state index contributed by atoms with van der Waals surface area (Å²) in [7, 11) is 0. The van der Waals surface area contributed by atoms with Crippen LogP contribution in [0.25, 0.3) is 0 Å². The van der Waals surface area contributed by atoms with Gasteiger partial charge in [0.15, 0.2) is 0 Å². The van der Waals surface area contributed by atoms with Crippen molar-refractivity contribution >= 4 is 5.97 Å². The van der Waals surface area contributed by atoms with Crippen LogP contribution in [0.1, 0.15) is 31.3 Å². The lowest BCUT2D eigenvalue weighted by Crippen LogP contribution is -2.32. The molecule has 0 radical (unpaired) electrons. The minimum Gasteiger partial charge on any atom is -0.480 e. The van der Waals surface area contributed by atoms with Gasteiger partial charge in [0.25, 0.3) is 0 Å². The van der Waals surface area contributed by atoms with Crippen LogP contribution in [0, 0.1) is 0 Å². The van der Waals surface area contributed by atoms with Crippen LogP contribution in [0.15, 0.2) is 6.20 Å². The van der Waals surface area contributed by atoms with E-state index in [1.165, 1.54) is 0 Å². The zero-order chi connectivity index (χ0) is 10.7. The summed E-state index contributed by atoms with van der Waals surface area (Å²) in [6, 6.07) is -0.888. The molecule has 0 fully saturated rings. The number of nitrogens with two attached hydrogens (primary N) is 1. The molecule has 4 N–H and O–H groups in total. The Bertz CT molecular complexity index is 320. The van der Waals surface area contributed by atoms with Crippen LogP contribution in [0.2, 0.25) is 0 Å². The van der Waals surface area contributed by atoms with Crippen LogP contribution in [-0.4, -0.2) is 27.1 Å². The maximum Gasteiger partial charge on any atom is 0.320 e. The van der Waals surface area contributed by atoms with E-state index >= 15 is 0 Å². The minimum atomic E-state index is -1.01. The van der Waals surface area contributed by atoms with Crippen LogP contribution in [0.3, 0.4) is 0 Å². The Morgan fingerprint density at radius 2 is 2.36 bits per heavy atom. The summed E-state index contributed by atoms with van der Waals surface area (Å²) >= 11 is 0. The molecule has 0 saturated carbocycles. The number of carbonyl (C=O) groups is 1. The largest absolute Gasteiger partial charge is 0.480 e. The molecule has 1 heterocycles. The van der Waals surface area contributed by atoms with E-state index < -0.39 is 12.0 Å². The molecule has 1 rings (SSSR count). The molecule has 1 unspecified atom stereocenters. The molecule has 5 heteroatoms. The normalized spacial score (nSPS) is 13.1. The highest BCUT2D eigenvalue weighted by molar-refractivity contribution is 5.73. The van der Waals surface area contributed by atoms with Crippen LogP contribution >= 0.6 is 0 Å². The van der Waals surface area contributed by atoms with E-state index in [9.17, 15) is 4.79 Å². The minimum absolute atomic E-state index is 0.238. The molecule has 0 amide bonds. The van der Waals surface area contributed by atoms with Crippen molar-refractivity contribution in [1.29, 1.82) is 0 Å². The molecule has 78 valence electrons. The number of aromatic nitrogens is 2. The fourth-order valence-electron chi connectivity index (χ4n) is 1.07. The Hall–Kier alpha value is -1.36. The van der Waals surface area contributed by atoms with Gasteiger partial charge in [-0.3, -0.25) is 4.79 Å². The Kier molecular flexibility index (Phi) is 3.24. The van der Waals surface area contributed by atoms with Gasteiger partial charge < -0.3 is 15.8 Å². The Balaban J connectivity index is 2.64. The molecule has 0 aliphatic carbocycles. The highest BCUT2D eigenvalue weighted by atomic mass is 16.4. The first-order valence-electron chi connectivity index (χ1n) is 4.53. The van der Waals surface area contributed by atoms with Gasteiger partial charge in [0.05, 0.1) is 0 Å². The highest BCUT2D eigenvalue weighted by Crippen LogP contribution is 2.11. The first-order chi connectivity index (χ1) is 6.50. The van der Waals surface area contributed by atoms with Gasteiger partial charge in [-0.15, -0.1) is 0 Å². The zero-order valence-electron chi connectivity index (χ0n) is 8.32. The van der Waals surface area contributed by atoms with E-state index in [1.807, 2.05) is 13.8 Å². The summed E-state index contributed by atoms with van der Waals surface area (Å²) in [5.74, 6) is -0.0200. The number of hydrogen-bond acceptors (Lipinski definition) is 3. The predicted octanol–water partition coefficient (Wildman–Crippen LogP) is 0.488. The van der Waals surface area contributed by atoms with Crippen LogP contribution in [0.5, 0.6) is 0 Å². The third-order valence-electron chi connectivity index (χ3n) is 2.00. The maximum atomic E-state index is 10.5. The highest BCUT2D eigenvalue weighted by Gasteiger charge is 2.14. The number of nitrogens with one attached hydrogen (secondary N) is 1. The van der Waals surface area contributed by atoms with Crippen LogP contribution in [0.4, 0.5) is 0 Å². The van der Waals surface area contributed by atoms with E-state index in [-0.39, 0.29) is 6.42 Å². The number of aliphatic carboxylic acids is 1. The number of carboxylic acids is 1. The Labute approximate surface area is 82.3 Å². The zero-order valence-corrected chi connectivity index (χ0v) is 8.32. The molecule has 0 saturated heterocycles. The van der Waals surface area contributed by atoms with Gasteiger partial charge in [0, 0.05) is 18.3 Å². The molecule has 14 heavy (non-hydrogen) atoms. The quantitative estimate of drug-likeness (QED) is 0.655. The summed E-state index contributed by atoms with van der Waals surface area (Å²) in [6.45, 7) is 4.07.